The number of thioether (sulfide) groups is 2. The van der Waals surface area contributed by atoms with Crippen LogP contribution in [0, 0.1) is 5.41 Å². The Morgan fingerprint density at radius 2 is 1.37 bits per heavy atom. The molecule has 0 aromatic carbocycles. The molecule has 4 fully saturated rings. The first-order valence-electron chi connectivity index (χ1n) is 13.4. The molecule has 41 heavy (non-hydrogen) atoms. The average molecular weight is 617 g/mol. The Labute approximate surface area is 260 Å². The monoisotopic (exact) mass is 616 g/mol. The van der Waals surface area contributed by atoms with E-state index >= 15 is 0 Å². The fraction of sp³-hybridized carbons (Fsp3) is 0.840. The molecule has 0 aromatic heterocycles. The van der Waals surface area contributed by atoms with Gasteiger partial charge >= 0.3 is 43.0 Å². The summed E-state index contributed by atoms with van der Waals surface area (Å²) in [5, 5.41) is 33.0. The number of esters is 1. The van der Waals surface area contributed by atoms with E-state index in [-0.39, 0.29) is 93.0 Å². The van der Waals surface area contributed by atoms with Crippen molar-refractivity contribution in [1.29, 1.82) is 0 Å². The normalized spacial score (nSPS) is 27.4. The SMILES string of the molecule is CC(CO)(CO)COC(=O)CCCC[C@@H]1SCC2NC(=O)O[C@@H]21.O=C(O)CCCC[C@@H]1SCC2NC(=O)O[C@@H]21.[Li+].[OH-]. The van der Waals surface area contributed by atoms with Gasteiger partial charge in [-0.25, -0.2) is 9.59 Å². The molecular formula is C25H41LiN2O11S2. The number of carboxylic acid groups (broad SMARTS) is 1. The third-order valence-corrected chi connectivity index (χ3v) is 10.2. The van der Waals surface area contributed by atoms with Gasteiger partial charge in [0.15, 0.2) is 0 Å². The van der Waals surface area contributed by atoms with E-state index < -0.39 is 11.4 Å². The summed E-state index contributed by atoms with van der Waals surface area (Å²) in [5.74, 6) is 0.722. The molecule has 0 spiro atoms. The summed E-state index contributed by atoms with van der Waals surface area (Å²) in [5.41, 5.74) is -0.787. The van der Waals surface area contributed by atoms with E-state index in [4.69, 9.17) is 29.5 Å². The van der Waals surface area contributed by atoms with Gasteiger partial charge in [0.2, 0.25) is 0 Å². The first kappa shape index (κ1) is 37.7. The van der Waals surface area contributed by atoms with Crippen molar-refractivity contribution in [2.24, 2.45) is 5.41 Å². The van der Waals surface area contributed by atoms with Crippen molar-refractivity contribution in [2.45, 2.75) is 93.1 Å². The zero-order valence-electron chi connectivity index (χ0n) is 23.6. The van der Waals surface area contributed by atoms with Crippen LogP contribution in [-0.2, 0) is 23.8 Å². The largest absolute Gasteiger partial charge is 1.00 e. The van der Waals surface area contributed by atoms with Crippen molar-refractivity contribution in [1.82, 2.24) is 10.6 Å². The average Bonchev–Trinajstić information content (AvgIpc) is 3.65. The Kier molecular flexibility index (Phi) is 16.9. The van der Waals surface area contributed by atoms with Crippen LogP contribution in [0.15, 0.2) is 0 Å². The molecule has 6 N–H and O–H groups in total. The number of aliphatic hydroxyl groups excluding tert-OH is 2. The summed E-state index contributed by atoms with van der Waals surface area (Å²) in [7, 11) is 0. The maximum atomic E-state index is 11.7. The predicted octanol–water partition coefficient (Wildman–Crippen LogP) is -1.28. The number of nitrogens with one attached hydrogen (secondary N) is 2. The molecule has 4 saturated heterocycles. The number of amides is 2. The van der Waals surface area contributed by atoms with Crippen molar-refractivity contribution in [3.05, 3.63) is 0 Å². The fourth-order valence-electron chi connectivity index (χ4n) is 4.73. The fourth-order valence-corrected chi connectivity index (χ4v) is 7.73. The molecule has 16 heteroatoms. The third-order valence-electron chi connectivity index (χ3n) is 7.19. The Hall–Kier alpha value is -1.34. The molecule has 2 unspecified atom stereocenters. The number of aliphatic carboxylic acids is 1. The van der Waals surface area contributed by atoms with Gasteiger partial charge in [0.1, 0.15) is 18.8 Å². The molecule has 0 radical (unpaired) electrons. The van der Waals surface area contributed by atoms with Crippen LogP contribution in [0.4, 0.5) is 9.59 Å². The van der Waals surface area contributed by atoms with Crippen LogP contribution < -0.4 is 29.5 Å². The minimum Gasteiger partial charge on any atom is -0.870 e. The third kappa shape index (κ3) is 11.7. The molecule has 4 aliphatic rings. The van der Waals surface area contributed by atoms with Gasteiger partial charge in [0.25, 0.3) is 0 Å². The van der Waals surface area contributed by atoms with Crippen molar-refractivity contribution < 1.29 is 73.0 Å². The summed E-state index contributed by atoms with van der Waals surface area (Å²) in [6.45, 7) is 1.21. The molecule has 230 valence electrons. The van der Waals surface area contributed by atoms with E-state index in [2.05, 4.69) is 10.6 Å². The number of aliphatic hydroxyl groups is 2. The summed E-state index contributed by atoms with van der Waals surface area (Å²) >= 11 is 3.61. The number of hydrogen-bond acceptors (Lipinski definition) is 12. The van der Waals surface area contributed by atoms with Gasteiger partial charge < -0.3 is 45.6 Å². The molecule has 0 aliphatic carbocycles. The number of rotatable bonds is 14. The van der Waals surface area contributed by atoms with Crippen molar-refractivity contribution >= 4 is 47.6 Å². The summed E-state index contributed by atoms with van der Waals surface area (Å²) in [4.78, 5) is 44.2. The zero-order valence-corrected chi connectivity index (χ0v) is 25.3. The van der Waals surface area contributed by atoms with Crippen LogP contribution in [-0.4, -0.2) is 111 Å². The molecule has 4 heterocycles. The number of ether oxygens (including phenoxy) is 3. The van der Waals surface area contributed by atoms with Crippen LogP contribution in [0.5, 0.6) is 0 Å². The second-order valence-electron chi connectivity index (χ2n) is 10.7. The second kappa shape index (κ2) is 18.3. The molecule has 4 rings (SSSR count). The van der Waals surface area contributed by atoms with Gasteiger partial charge in [-0.05, 0) is 25.7 Å². The number of unbranched alkanes of at least 4 members (excludes halogenated alkanes) is 2. The predicted molar refractivity (Wildman–Crippen MR) is 147 cm³/mol. The van der Waals surface area contributed by atoms with Crippen LogP contribution in [0.2, 0.25) is 0 Å². The number of carboxylic acids is 1. The van der Waals surface area contributed by atoms with E-state index in [0.717, 1.165) is 37.2 Å². The Morgan fingerprint density at radius 3 is 1.80 bits per heavy atom. The van der Waals surface area contributed by atoms with E-state index in [0.29, 0.717) is 29.8 Å². The van der Waals surface area contributed by atoms with Gasteiger partial charge in [-0.1, -0.05) is 19.8 Å². The van der Waals surface area contributed by atoms with Gasteiger partial charge in [0, 0.05) is 40.3 Å². The number of alkyl carbamates (subject to hydrolysis) is 2. The van der Waals surface area contributed by atoms with Crippen molar-refractivity contribution in [2.75, 3.05) is 31.3 Å². The summed E-state index contributed by atoms with van der Waals surface area (Å²) < 4.78 is 15.6. The molecular weight excluding hydrogens is 575 g/mol. The van der Waals surface area contributed by atoms with Crippen molar-refractivity contribution in [3.63, 3.8) is 0 Å². The van der Waals surface area contributed by atoms with Crippen LogP contribution in [0.1, 0.15) is 58.3 Å². The number of carbonyl (C=O) groups excluding carboxylic acids is 3. The first-order valence-corrected chi connectivity index (χ1v) is 15.5. The maximum Gasteiger partial charge on any atom is 1.00 e. The van der Waals surface area contributed by atoms with Gasteiger partial charge in [-0.3, -0.25) is 9.59 Å². The molecule has 6 atom stereocenters. The molecule has 13 nitrogen and oxygen atoms in total. The standard InChI is InChI=1S/C15H25NO6S.C10H15NO4S.Li.H2O/c1-15(7-17,8-18)9-21-12(19)5-3-2-4-11-13-10(6-23-11)16-14(20)22-13;12-8(13)4-2-1-3-7-9-6(5-16-7)11-10(14)15-9;;/h10-11,13,17-18H,2-9H2,1H3,(H,16,20);6-7,9H,1-5H2,(H,11,14)(H,12,13);;1H2/q;;+1;/p-1/t10?,11-,13-;6?,7-,9-;;/m00../s1. The molecule has 2 amide bonds. The van der Waals surface area contributed by atoms with Crippen LogP contribution in [0.3, 0.4) is 0 Å². The Morgan fingerprint density at radius 1 is 0.902 bits per heavy atom. The van der Waals surface area contributed by atoms with Gasteiger partial charge in [0.05, 0.1) is 25.3 Å². The van der Waals surface area contributed by atoms with E-state index in [1.807, 2.05) is 11.8 Å². The van der Waals surface area contributed by atoms with Crippen LogP contribution >= 0.6 is 23.5 Å². The number of hydrogen-bond donors (Lipinski definition) is 5. The zero-order chi connectivity index (χ0) is 28.4. The number of carbonyl (C=O) groups is 4. The topological polar surface area (TPSA) is 211 Å². The van der Waals surface area contributed by atoms with E-state index in [9.17, 15) is 19.2 Å². The molecule has 4 aliphatic heterocycles. The van der Waals surface area contributed by atoms with Gasteiger partial charge in [-0.2, -0.15) is 23.5 Å². The number of fused-ring (bicyclic) bond motifs is 2. The van der Waals surface area contributed by atoms with Crippen LogP contribution in [0.25, 0.3) is 0 Å². The van der Waals surface area contributed by atoms with Crippen molar-refractivity contribution in [3.8, 4) is 0 Å². The molecule has 0 saturated carbocycles. The van der Waals surface area contributed by atoms with E-state index in [1.165, 1.54) is 0 Å². The first-order chi connectivity index (χ1) is 18.6. The second-order valence-corrected chi connectivity index (χ2v) is 13.2. The Bertz CT molecular complexity index is 867. The minimum atomic E-state index is -0.787. The summed E-state index contributed by atoms with van der Waals surface area (Å²) in [6.07, 6.45) is 4.82. The summed E-state index contributed by atoms with van der Waals surface area (Å²) in [6, 6.07) is 0.277. The molecule has 0 bridgehead atoms. The maximum absolute atomic E-state index is 11.7. The minimum absolute atomic E-state index is 0. The quantitative estimate of drug-likeness (QED) is 0.0667. The molecule has 0 aromatic rings. The van der Waals surface area contributed by atoms with E-state index in [1.54, 1.807) is 18.7 Å². The smallest absolute Gasteiger partial charge is 0.870 e. The Balaban J connectivity index is 0.000000413. The van der Waals surface area contributed by atoms with Gasteiger partial charge in [-0.15, -0.1) is 0 Å².